The van der Waals surface area contributed by atoms with Gasteiger partial charge in [-0.05, 0) is 93.9 Å². The normalized spacial score (nSPS) is 13.9. The van der Waals surface area contributed by atoms with Crippen LogP contribution >= 0.6 is 0 Å². The number of hydrogen-bond donors (Lipinski definition) is 5. The van der Waals surface area contributed by atoms with Crippen LogP contribution in [0.5, 0.6) is 5.75 Å². The Morgan fingerprint density at radius 3 is 2.13 bits per heavy atom. The van der Waals surface area contributed by atoms with Gasteiger partial charge in [-0.25, -0.2) is 4.90 Å². The minimum Gasteiger partial charge on any atom is -0.508 e. The molecule has 47 heavy (non-hydrogen) atoms. The van der Waals surface area contributed by atoms with E-state index >= 15 is 0 Å². The minimum absolute atomic E-state index is 0.00832. The fourth-order valence-electron chi connectivity index (χ4n) is 5.32. The molecule has 0 fully saturated rings. The van der Waals surface area contributed by atoms with E-state index in [4.69, 9.17) is 16.6 Å². The van der Waals surface area contributed by atoms with Crippen LogP contribution in [0.25, 0.3) is 0 Å². The number of carbonyl (C=O) groups excluding carboxylic acids is 4. The lowest BCUT2D eigenvalue weighted by Gasteiger charge is -2.32. The number of phenols is 1. The van der Waals surface area contributed by atoms with Crippen molar-refractivity contribution in [3.8, 4) is 5.75 Å². The molecule has 2 aromatic carbocycles. The summed E-state index contributed by atoms with van der Waals surface area (Å²) in [7, 11) is 0.496. The largest absolute Gasteiger partial charge is 0.508 e. The zero-order chi connectivity index (χ0) is 35.1. The lowest BCUT2D eigenvalue weighted by molar-refractivity contribution is -0.157. The zero-order valence-corrected chi connectivity index (χ0v) is 28.8. The predicted octanol–water partition coefficient (Wildman–Crippen LogP) is 1.07. The van der Waals surface area contributed by atoms with Crippen LogP contribution in [0.2, 0.25) is 0 Å². The summed E-state index contributed by atoms with van der Waals surface area (Å²) in [6.07, 6.45) is 4.87. The number of amides is 4. The number of unbranched alkanes of at least 4 members (excludes halogenated alkanes) is 3. The third-order valence-electron chi connectivity index (χ3n) is 8.09. The van der Waals surface area contributed by atoms with Crippen molar-refractivity contribution >= 4 is 34.4 Å². The summed E-state index contributed by atoms with van der Waals surface area (Å²) in [4.78, 5) is 56.8. The SMILES string of the molecule is Cc1cc(O)cc(C)c1C[C@@H](N)C(=O)NCC(=O)N(C(=O)C(N)CCS(C)=O)C(=O)[C@H](Cc1ccccc1)N(C)CCCCCCO. The highest BCUT2D eigenvalue weighted by Gasteiger charge is 2.38. The van der Waals surface area contributed by atoms with E-state index in [-0.39, 0.29) is 37.4 Å². The number of likely N-dealkylation sites (N-methyl/N-ethyl adjacent to an activating group) is 1. The standard InChI is InChI=1S/C34H51N5O7S/c1-23-18-26(41)19-24(2)27(23)21-29(36)32(43)37-22-31(42)39(33(44)28(35)14-17-47(4)46)34(45)30(20-25-12-8-7-9-13-25)38(3)15-10-5-6-11-16-40/h7-9,12-13,18-19,28-30,40-41H,5-6,10-11,14-17,20-22,35-36H2,1-4H3,(H,37,43)/t28?,29-,30+,47?/m1/s1. The lowest BCUT2D eigenvalue weighted by atomic mass is 9.96. The van der Waals surface area contributed by atoms with Crippen LogP contribution in [0.15, 0.2) is 42.5 Å². The molecular weight excluding hydrogens is 622 g/mol. The quantitative estimate of drug-likeness (QED) is 0.135. The summed E-state index contributed by atoms with van der Waals surface area (Å²) in [6, 6.07) is 9.13. The van der Waals surface area contributed by atoms with Crippen molar-refractivity contribution in [2.24, 2.45) is 11.5 Å². The van der Waals surface area contributed by atoms with Crippen LogP contribution in [0.3, 0.4) is 0 Å². The molecule has 0 aliphatic heterocycles. The Kier molecular flexibility index (Phi) is 16.9. The van der Waals surface area contributed by atoms with Crippen molar-refractivity contribution < 1.29 is 33.6 Å². The molecule has 0 radical (unpaired) electrons. The summed E-state index contributed by atoms with van der Waals surface area (Å²) in [5.74, 6) is -3.12. The van der Waals surface area contributed by atoms with Gasteiger partial charge in [0, 0.05) is 29.4 Å². The van der Waals surface area contributed by atoms with E-state index in [9.17, 15) is 28.5 Å². The monoisotopic (exact) mass is 673 g/mol. The molecule has 12 nitrogen and oxygen atoms in total. The molecule has 0 bridgehead atoms. The number of nitrogens with two attached hydrogens (primary N) is 2. The van der Waals surface area contributed by atoms with E-state index in [1.807, 2.05) is 30.3 Å². The topological polar surface area (TPSA) is 196 Å². The number of nitrogens with one attached hydrogen (secondary N) is 1. The van der Waals surface area contributed by atoms with Gasteiger partial charge < -0.3 is 27.0 Å². The molecule has 0 aliphatic carbocycles. The third kappa shape index (κ3) is 12.9. The molecule has 260 valence electrons. The van der Waals surface area contributed by atoms with Crippen LogP contribution < -0.4 is 16.8 Å². The smallest absolute Gasteiger partial charge is 0.255 e. The number of phenolic OH excluding ortho intramolecular Hbond substituents is 1. The molecule has 0 saturated heterocycles. The number of aliphatic hydroxyl groups excluding tert-OH is 1. The van der Waals surface area contributed by atoms with Gasteiger partial charge in [-0.2, -0.15) is 0 Å². The molecule has 0 saturated carbocycles. The molecular formula is C34H51N5O7S. The molecule has 2 unspecified atom stereocenters. The number of benzene rings is 2. The summed E-state index contributed by atoms with van der Waals surface area (Å²) < 4.78 is 11.7. The summed E-state index contributed by atoms with van der Waals surface area (Å²) in [5, 5.41) is 21.4. The van der Waals surface area contributed by atoms with Crippen LogP contribution in [-0.4, -0.2) is 105 Å². The Morgan fingerprint density at radius 2 is 1.53 bits per heavy atom. The maximum absolute atomic E-state index is 14.2. The zero-order valence-electron chi connectivity index (χ0n) is 27.9. The number of rotatable bonds is 19. The fourth-order valence-corrected chi connectivity index (χ4v) is 5.90. The van der Waals surface area contributed by atoms with Crippen LogP contribution in [-0.2, 0) is 42.8 Å². The summed E-state index contributed by atoms with van der Waals surface area (Å²) in [5.41, 5.74) is 15.4. The van der Waals surface area contributed by atoms with E-state index in [1.54, 1.807) is 37.9 Å². The van der Waals surface area contributed by atoms with E-state index < -0.39 is 59.1 Å². The van der Waals surface area contributed by atoms with E-state index in [2.05, 4.69) is 5.32 Å². The van der Waals surface area contributed by atoms with E-state index in [0.29, 0.717) is 17.9 Å². The second kappa shape index (κ2) is 20.0. The number of hydrogen-bond acceptors (Lipinski definition) is 10. The predicted molar refractivity (Wildman–Crippen MR) is 183 cm³/mol. The van der Waals surface area contributed by atoms with E-state index in [1.165, 1.54) is 6.26 Å². The number of carbonyl (C=O) groups is 4. The fraction of sp³-hybridized carbons (Fsp3) is 0.529. The molecule has 2 aromatic rings. The highest BCUT2D eigenvalue weighted by molar-refractivity contribution is 7.84. The molecule has 13 heteroatoms. The summed E-state index contributed by atoms with van der Waals surface area (Å²) in [6.45, 7) is 3.51. The van der Waals surface area contributed by atoms with Crippen molar-refractivity contribution in [1.29, 1.82) is 0 Å². The van der Waals surface area contributed by atoms with Crippen LogP contribution in [0.4, 0.5) is 0 Å². The van der Waals surface area contributed by atoms with Crippen molar-refractivity contribution in [2.75, 3.05) is 38.8 Å². The van der Waals surface area contributed by atoms with Crippen molar-refractivity contribution in [1.82, 2.24) is 15.1 Å². The van der Waals surface area contributed by atoms with Gasteiger partial charge in [0.2, 0.25) is 5.91 Å². The highest BCUT2D eigenvalue weighted by Crippen LogP contribution is 2.22. The van der Waals surface area contributed by atoms with Crippen molar-refractivity contribution in [3.63, 3.8) is 0 Å². The third-order valence-corrected chi connectivity index (χ3v) is 8.90. The Balaban J connectivity index is 2.31. The maximum atomic E-state index is 14.2. The van der Waals surface area contributed by atoms with Crippen LogP contribution in [0.1, 0.15) is 54.4 Å². The van der Waals surface area contributed by atoms with Gasteiger partial charge in [0.1, 0.15) is 5.75 Å². The first-order chi connectivity index (χ1) is 22.3. The number of aromatic hydroxyl groups is 1. The number of imide groups is 3. The molecule has 7 N–H and O–H groups in total. The highest BCUT2D eigenvalue weighted by atomic mass is 32.2. The van der Waals surface area contributed by atoms with Gasteiger partial charge >= 0.3 is 0 Å². The Labute approximate surface area is 280 Å². The first-order valence-corrected chi connectivity index (χ1v) is 17.6. The first-order valence-electron chi connectivity index (χ1n) is 15.9. The van der Waals surface area contributed by atoms with Gasteiger partial charge in [-0.1, -0.05) is 43.2 Å². The number of nitrogens with zero attached hydrogens (tertiary/aromatic N) is 2. The van der Waals surface area contributed by atoms with Crippen molar-refractivity contribution in [2.45, 2.75) is 76.9 Å². The molecule has 0 spiro atoms. The average Bonchev–Trinajstić information content (AvgIpc) is 3.02. The summed E-state index contributed by atoms with van der Waals surface area (Å²) >= 11 is 0. The van der Waals surface area contributed by atoms with Gasteiger partial charge in [-0.3, -0.25) is 28.3 Å². The van der Waals surface area contributed by atoms with Gasteiger partial charge in [0.15, 0.2) is 0 Å². The second-order valence-electron chi connectivity index (χ2n) is 12.0. The second-order valence-corrected chi connectivity index (χ2v) is 13.5. The Hall–Kier alpha value is -3.49. The molecule has 0 aliphatic rings. The van der Waals surface area contributed by atoms with Gasteiger partial charge in [0.05, 0.1) is 24.7 Å². The molecule has 4 amide bonds. The Morgan fingerprint density at radius 1 is 0.915 bits per heavy atom. The number of aliphatic hydroxyl groups is 1. The van der Waals surface area contributed by atoms with Gasteiger partial charge in [-0.15, -0.1) is 0 Å². The molecule has 4 atom stereocenters. The van der Waals surface area contributed by atoms with Gasteiger partial charge in [0.25, 0.3) is 17.7 Å². The lowest BCUT2D eigenvalue weighted by Crippen LogP contribution is -2.58. The molecule has 0 aromatic heterocycles. The number of aryl methyl sites for hydroxylation is 2. The minimum atomic E-state index is -1.27. The van der Waals surface area contributed by atoms with Crippen molar-refractivity contribution in [3.05, 3.63) is 64.7 Å². The molecule has 0 heterocycles. The maximum Gasteiger partial charge on any atom is 0.255 e. The Bertz CT molecular complexity index is 1350. The molecule has 2 rings (SSSR count). The van der Waals surface area contributed by atoms with E-state index in [0.717, 1.165) is 41.5 Å². The average molecular weight is 674 g/mol. The van der Waals surface area contributed by atoms with Crippen LogP contribution in [0, 0.1) is 13.8 Å². The first kappa shape index (κ1) is 39.7.